The summed E-state index contributed by atoms with van der Waals surface area (Å²) < 4.78 is 0. The van der Waals surface area contributed by atoms with Crippen LogP contribution in [0.1, 0.15) is 23.0 Å². The second-order valence-corrected chi connectivity index (χ2v) is 4.66. The number of hydrogen-bond donors (Lipinski definition) is 2. The van der Waals surface area contributed by atoms with Gasteiger partial charge in [-0.2, -0.15) is 0 Å². The van der Waals surface area contributed by atoms with E-state index in [9.17, 15) is 0 Å². The summed E-state index contributed by atoms with van der Waals surface area (Å²) in [4.78, 5) is 12.9. The molecular formula is C15H15N5. The van der Waals surface area contributed by atoms with E-state index in [1.807, 2.05) is 37.4 Å². The monoisotopic (exact) mass is 265 g/mol. The fourth-order valence-electron chi connectivity index (χ4n) is 2.24. The first-order valence-corrected chi connectivity index (χ1v) is 6.37. The minimum atomic E-state index is -0.261. The molecule has 3 aromatic rings. The van der Waals surface area contributed by atoms with Crippen molar-refractivity contribution < 1.29 is 0 Å². The van der Waals surface area contributed by atoms with E-state index in [0.717, 1.165) is 21.9 Å². The molecule has 1 atom stereocenters. The molecule has 100 valence electrons. The highest BCUT2D eigenvalue weighted by molar-refractivity contribution is 5.85. The Morgan fingerprint density at radius 3 is 2.65 bits per heavy atom. The summed E-state index contributed by atoms with van der Waals surface area (Å²) in [6, 6.07) is 7.77. The molecule has 0 aliphatic rings. The molecule has 1 aromatic carbocycles. The van der Waals surface area contributed by atoms with Crippen LogP contribution in [-0.2, 0) is 0 Å². The van der Waals surface area contributed by atoms with E-state index in [-0.39, 0.29) is 6.04 Å². The highest BCUT2D eigenvalue weighted by Gasteiger charge is 2.17. The number of aryl methyl sites for hydroxylation is 1. The Hall–Kier alpha value is -2.37. The summed E-state index contributed by atoms with van der Waals surface area (Å²) in [7, 11) is 0. The van der Waals surface area contributed by atoms with Crippen LogP contribution in [0.4, 0.5) is 0 Å². The molecule has 1 unspecified atom stereocenters. The van der Waals surface area contributed by atoms with Gasteiger partial charge in [-0.25, -0.2) is 15.4 Å². The van der Waals surface area contributed by atoms with E-state index in [1.165, 1.54) is 0 Å². The lowest BCUT2D eigenvalue weighted by Gasteiger charge is -2.16. The zero-order valence-electron chi connectivity index (χ0n) is 11.1. The van der Waals surface area contributed by atoms with Gasteiger partial charge in [-0.05, 0) is 29.5 Å². The Labute approximate surface area is 116 Å². The van der Waals surface area contributed by atoms with Gasteiger partial charge in [0.15, 0.2) is 5.82 Å². The van der Waals surface area contributed by atoms with Crippen LogP contribution in [-0.4, -0.2) is 15.0 Å². The number of pyridine rings is 1. The van der Waals surface area contributed by atoms with E-state index in [2.05, 4.69) is 20.4 Å². The van der Waals surface area contributed by atoms with Crippen LogP contribution in [0.2, 0.25) is 0 Å². The van der Waals surface area contributed by atoms with Crippen LogP contribution in [0.25, 0.3) is 10.8 Å². The van der Waals surface area contributed by atoms with Crippen molar-refractivity contribution in [2.24, 2.45) is 5.84 Å². The van der Waals surface area contributed by atoms with E-state index in [4.69, 9.17) is 5.84 Å². The van der Waals surface area contributed by atoms with Gasteiger partial charge in [0, 0.05) is 30.2 Å². The summed E-state index contributed by atoms with van der Waals surface area (Å²) >= 11 is 0. The van der Waals surface area contributed by atoms with Gasteiger partial charge in [0.25, 0.3) is 0 Å². The van der Waals surface area contributed by atoms with E-state index >= 15 is 0 Å². The summed E-state index contributed by atoms with van der Waals surface area (Å²) in [5.41, 5.74) is 4.83. The van der Waals surface area contributed by atoms with Gasteiger partial charge in [0.05, 0.1) is 0 Å². The van der Waals surface area contributed by atoms with Crippen LogP contribution < -0.4 is 11.3 Å². The van der Waals surface area contributed by atoms with E-state index < -0.39 is 0 Å². The quantitative estimate of drug-likeness (QED) is 0.558. The smallest absolute Gasteiger partial charge is 0.150 e. The van der Waals surface area contributed by atoms with Crippen molar-refractivity contribution >= 4 is 10.8 Å². The van der Waals surface area contributed by atoms with Crippen molar-refractivity contribution in [2.45, 2.75) is 13.0 Å². The molecule has 0 spiro atoms. The fraction of sp³-hybridized carbons (Fsp3) is 0.133. The SMILES string of the molecule is Cc1cnc(C(NN)c2cccc3ccncc23)nc1. The summed E-state index contributed by atoms with van der Waals surface area (Å²) in [5, 5.41) is 2.16. The first kappa shape index (κ1) is 12.7. The summed E-state index contributed by atoms with van der Waals surface area (Å²) in [6.07, 6.45) is 7.19. The summed E-state index contributed by atoms with van der Waals surface area (Å²) in [5.74, 6) is 6.36. The molecule has 0 aliphatic heterocycles. The molecule has 3 N–H and O–H groups in total. The maximum atomic E-state index is 5.72. The molecule has 5 nitrogen and oxygen atoms in total. The Bertz CT molecular complexity index is 718. The van der Waals surface area contributed by atoms with Crippen molar-refractivity contribution in [1.29, 1.82) is 0 Å². The summed E-state index contributed by atoms with van der Waals surface area (Å²) in [6.45, 7) is 1.95. The maximum Gasteiger partial charge on any atom is 0.150 e. The van der Waals surface area contributed by atoms with Crippen molar-refractivity contribution in [1.82, 2.24) is 20.4 Å². The number of nitrogens with two attached hydrogens (primary N) is 1. The molecule has 0 amide bonds. The van der Waals surface area contributed by atoms with Crippen molar-refractivity contribution in [2.75, 3.05) is 0 Å². The van der Waals surface area contributed by atoms with Crippen molar-refractivity contribution in [3.8, 4) is 0 Å². The lowest BCUT2D eigenvalue weighted by Crippen LogP contribution is -2.30. The first-order chi connectivity index (χ1) is 9.79. The lowest BCUT2D eigenvalue weighted by molar-refractivity contribution is 0.604. The Morgan fingerprint density at radius 2 is 1.90 bits per heavy atom. The molecule has 0 aliphatic carbocycles. The molecule has 5 heteroatoms. The highest BCUT2D eigenvalue weighted by Crippen LogP contribution is 2.26. The number of fused-ring (bicyclic) bond motifs is 1. The number of benzene rings is 1. The normalized spacial score (nSPS) is 12.5. The molecule has 0 radical (unpaired) electrons. The first-order valence-electron chi connectivity index (χ1n) is 6.37. The third-order valence-corrected chi connectivity index (χ3v) is 3.25. The topological polar surface area (TPSA) is 76.7 Å². The molecule has 2 aromatic heterocycles. The van der Waals surface area contributed by atoms with Gasteiger partial charge < -0.3 is 0 Å². The van der Waals surface area contributed by atoms with Gasteiger partial charge >= 0.3 is 0 Å². The second-order valence-electron chi connectivity index (χ2n) is 4.66. The average molecular weight is 265 g/mol. The van der Waals surface area contributed by atoms with Crippen molar-refractivity contribution in [3.05, 3.63) is 66.0 Å². The molecule has 0 saturated carbocycles. The van der Waals surface area contributed by atoms with Crippen LogP contribution in [0.5, 0.6) is 0 Å². The standard InChI is InChI=1S/C15H15N5/c1-10-7-18-15(19-8-10)14(20-16)12-4-2-3-11-5-6-17-9-13(11)12/h2-9,14,20H,16H2,1H3. The zero-order chi connectivity index (χ0) is 13.9. The van der Waals surface area contributed by atoms with E-state index in [1.54, 1.807) is 18.6 Å². The Morgan fingerprint density at radius 1 is 1.10 bits per heavy atom. The molecular weight excluding hydrogens is 250 g/mol. The van der Waals surface area contributed by atoms with Gasteiger partial charge in [0.2, 0.25) is 0 Å². The number of rotatable bonds is 3. The Kier molecular flexibility index (Phi) is 3.37. The molecule has 20 heavy (non-hydrogen) atoms. The average Bonchev–Trinajstić information content (AvgIpc) is 2.50. The van der Waals surface area contributed by atoms with Gasteiger partial charge in [-0.1, -0.05) is 18.2 Å². The maximum absolute atomic E-state index is 5.72. The largest absolute Gasteiger partial charge is 0.270 e. The fourth-order valence-corrected chi connectivity index (χ4v) is 2.24. The Balaban J connectivity index is 2.14. The van der Waals surface area contributed by atoms with Crippen LogP contribution >= 0.6 is 0 Å². The molecule has 0 bridgehead atoms. The van der Waals surface area contributed by atoms with Crippen LogP contribution in [0.15, 0.2) is 49.1 Å². The molecule has 2 heterocycles. The zero-order valence-corrected chi connectivity index (χ0v) is 11.1. The van der Waals surface area contributed by atoms with E-state index in [0.29, 0.717) is 5.82 Å². The minimum Gasteiger partial charge on any atom is -0.270 e. The number of nitrogens with zero attached hydrogens (tertiary/aromatic N) is 3. The highest BCUT2D eigenvalue weighted by atomic mass is 15.2. The minimum absolute atomic E-state index is 0.261. The predicted octanol–water partition coefficient (Wildman–Crippen LogP) is 1.89. The van der Waals surface area contributed by atoms with Gasteiger partial charge in [-0.15, -0.1) is 0 Å². The third-order valence-electron chi connectivity index (χ3n) is 3.25. The number of aromatic nitrogens is 3. The number of hydrogen-bond acceptors (Lipinski definition) is 5. The van der Waals surface area contributed by atoms with Gasteiger partial charge in [-0.3, -0.25) is 10.8 Å². The lowest BCUT2D eigenvalue weighted by atomic mass is 10.00. The third kappa shape index (κ3) is 2.24. The van der Waals surface area contributed by atoms with Crippen molar-refractivity contribution in [3.63, 3.8) is 0 Å². The molecule has 0 saturated heterocycles. The van der Waals surface area contributed by atoms with Gasteiger partial charge in [0.1, 0.15) is 6.04 Å². The second kappa shape index (κ2) is 5.32. The number of hydrazine groups is 1. The molecule has 0 fully saturated rings. The predicted molar refractivity (Wildman–Crippen MR) is 77.7 cm³/mol. The van der Waals surface area contributed by atoms with Crippen LogP contribution in [0.3, 0.4) is 0 Å². The van der Waals surface area contributed by atoms with Crippen LogP contribution in [0, 0.1) is 6.92 Å². The molecule has 3 rings (SSSR count). The number of nitrogens with one attached hydrogen (secondary N) is 1.